The Balaban J connectivity index is 1.60. The maximum Gasteiger partial charge on any atom is 0.325 e. The zero-order valence-electron chi connectivity index (χ0n) is 14.7. The van der Waals surface area contributed by atoms with E-state index in [1.54, 1.807) is 11.8 Å². The van der Waals surface area contributed by atoms with E-state index in [-0.39, 0.29) is 18.4 Å². The maximum absolute atomic E-state index is 13.0. The lowest BCUT2D eigenvalue weighted by atomic mass is 9.90. The summed E-state index contributed by atoms with van der Waals surface area (Å²) in [6.45, 7) is 2.89. The number of amides is 4. The average Bonchev–Trinajstić information content (AvgIpc) is 3.25. The number of imide groups is 1. The molecular formula is C20H21N3O3. The number of hydrogen-bond acceptors (Lipinski definition) is 3. The second-order valence-electron chi connectivity index (χ2n) is 7.10. The van der Waals surface area contributed by atoms with E-state index in [2.05, 4.69) is 5.32 Å². The fourth-order valence-corrected chi connectivity index (χ4v) is 3.74. The SMILES string of the molecule is CC1(c2ccc3ccccc3c2)NC(=O)N(CC(=O)N2CCCC2)C1=O. The highest BCUT2D eigenvalue weighted by Gasteiger charge is 2.49. The molecule has 0 radical (unpaired) electrons. The van der Waals surface area contributed by atoms with E-state index in [9.17, 15) is 14.4 Å². The molecule has 2 fully saturated rings. The molecule has 134 valence electrons. The van der Waals surface area contributed by atoms with Crippen LogP contribution in [0.2, 0.25) is 0 Å². The van der Waals surface area contributed by atoms with Gasteiger partial charge in [0.15, 0.2) is 0 Å². The third kappa shape index (κ3) is 2.62. The highest BCUT2D eigenvalue weighted by molar-refractivity contribution is 6.09. The van der Waals surface area contributed by atoms with E-state index in [1.807, 2.05) is 42.5 Å². The van der Waals surface area contributed by atoms with Gasteiger partial charge in [0, 0.05) is 13.1 Å². The lowest BCUT2D eigenvalue weighted by Gasteiger charge is -2.23. The lowest BCUT2D eigenvalue weighted by Crippen LogP contribution is -2.43. The first kappa shape index (κ1) is 16.6. The van der Waals surface area contributed by atoms with Crippen molar-refractivity contribution in [2.24, 2.45) is 0 Å². The number of nitrogens with one attached hydrogen (secondary N) is 1. The Kier molecular flexibility index (Phi) is 3.90. The molecule has 26 heavy (non-hydrogen) atoms. The van der Waals surface area contributed by atoms with Crippen molar-refractivity contribution in [3.63, 3.8) is 0 Å². The van der Waals surface area contributed by atoms with Gasteiger partial charge in [-0.05, 0) is 42.2 Å². The first-order valence-corrected chi connectivity index (χ1v) is 8.90. The molecule has 2 aromatic rings. The summed E-state index contributed by atoms with van der Waals surface area (Å²) in [5, 5.41) is 4.84. The Morgan fingerprint density at radius 2 is 1.77 bits per heavy atom. The molecule has 1 unspecified atom stereocenters. The standard InChI is InChI=1S/C20H21N3O3/c1-20(16-9-8-14-6-2-3-7-15(14)12-16)18(25)23(19(26)21-20)13-17(24)22-10-4-5-11-22/h2-3,6-9,12H,4-5,10-11,13H2,1H3,(H,21,26). The van der Waals surface area contributed by atoms with Crippen LogP contribution in [-0.2, 0) is 15.1 Å². The van der Waals surface area contributed by atoms with Crippen molar-refractivity contribution in [1.82, 2.24) is 15.1 Å². The molecule has 4 rings (SSSR count). The Morgan fingerprint density at radius 3 is 2.50 bits per heavy atom. The summed E-state index contributed by atoms with van der Waals surface area (Å²) < 4.78 is 0. The minimum absolute atomic E-state index is 0.172. The molecule has 1 N–H and O–H groups in total. The second kappa shape index (κ2) is 6.12. The van der Waals surface area contributed by atoms with Crippen LogP contribution in [0.1, 0.15) is 25.3 Å². The zero-order chi connectivity index (χ0) is 18.3. The quantitative estimate of drug-likeness (QED) is 0.862. The van der Waals surface area contributed by atoms with Gasteiger partial charge in [-0.1, -0.05) is 36.4 Å². The van der Waals surface area contributed by atoms with E-state index in [0.29, 0.717) is 18.7 Å². The minimum atomic E-state index is -1.16. The van der Waals surface area contributed by atoms with Crippen LogP contribution in [0.4, 0.5) is 4.79 Å². The third-order valence-corrected chi connectivity index (χ3v) is 5.35. The van der Waals surface area contributed by atoms with Crippen LogP contribution < -0.4 is 5.32 Å². The molecule has 6 nitrogen and oxygen atoms in total. The summed E-state index contributed by atoms with van der Waals surface area (Å²) in [5.41, 5.74) is -0.447. The lowest BCUT2D eigenvalue weighted by molar-refractivity contribution is -0.138. The highest BCUT2D eigenvalue weighted by Crippen LogP contribution is 2.31. The van der Waals surface area contributed by atoms with E-state index in [1.165, 1.54) is 0 Å². The largest absolute Gasteiger partial charge is 0.341 e. The number of urea groups is 1. The molecular weight excluding hydrogens is 330 g/mol. The normalized spacial score (nSPS) is 23.0. The first-order chi connectivity index (χ1) is 12.5. The van der Waals surface area contributed by atoms with Gasteiger partial charge in [-0.2, -0.15) is 0 Å². The summed E-state index contributed by atoms with van der Waals surface area (Å²) in [7, 11) is 0. The Morgan fingerprint density at radius 1 is 1.08 bits per heavy atom. The molecule has 2 aliphatic rings. The number of benzene rings is 2. The summed E-state index contributed by atoms with van der Waals surface area (Å²) in [4.78, 5) is 40.5. The van der Waals surface area contributed by atoms with Crippen LogP contribution in [0.3, 0.4) is 0 Å². The molecule has 6 heteroatoms. The molecule has 2 heterocycles. The second-order valence-corrected chi connectivity index (χ2v) is 7.10. The van der Waals surface area contributed by atoms with Gasteiger partial charge in [-0.25, -0.2) is 4.79 Å². The zero-order valence-corrected chi connectivity index (χ0v) is 14.7. The third-order valence-electron chi connectivity index (χ3n) is 5.35. The van der Waals surface area contributed by atoms with Crippen LogP contribution in [-0.4, -0.2) is 47.3 Å². The fraction of sp³-hybridized carbons (Fsp3) is 0.350. The molecule has 0 bridgehead atoms. The van der Waals surface area contributed by atoms with Crippen molar-refractivity contribution in [2.75, 3.05) is 19.6 Å². The minimum Gasteiger partial charge on any atom is -0.341 e. The van der Waals surface area contributed by atoms with Crippen molar-refractivity contribution in [3.05, 3.63) is 48.0 Å². The number of fused-ring (bicyclic) bond motifs is 1. The molecule has 0 aromatic heterocycles. The number of likely N-dealkylation sites (tertiary alicyclic amines) is 1. The van der Waals surface area contributed by atoms with Crippen LogP contribution in [0.25, 0.3) is 10.8 Å². The van der Waals surface area contributed by atoms with Crippen molar-refractivity contribution < 1.29 is 14.4 Å². The fourth-order valence-electron chi connectivity index (χ4n) is 3.74. The summed E-state index contributed by atoms with van der Waals surface area (Å²) in [6, 6.07) is 13.1. The number of carbonyl (C=O) groups excluding carboxylic acids is 3. The van der Waals surface area contributed by atoms with Gasteiger partial charge in [-0.15, -0.1) is 0 Å². The van der Waals surface area contributed by atoms with Crippen molar-refractivity contribution in [2.45, 2.75) is 25.3 Å². The van der Waals surface area contributed by atoms with Crippen LogP contribution in [0, 0.1) is 0 Å². The van der Waals surface area contributed by atoms with E-state index < -0.39 is 11.6 Å². The van der Waals surface area contributed by atoms with Gasteiger partial charge in [0.25, 0.3) is 5.91 Å². The average molecular weight is 351 g/mol. The topological polar surface area (TPSA) is 69.7 Å². The van der Waals surface area contributed by atoms with Gasteiger partial charge in [0.05, 0.1) is 0 Å². The highest BCUT2D eigenvalue weighted by atomic mass is 16.2. The van der Waals surface area contributed by atoms with Crippen molar-refractivity contribution in [1.29, 1.82) is 0 Å². The van der Waals surface area contributed by atoms with Crippen LogP contribution >= 0.6 is 0 Å². The van der Waals surface area contributed by atoms with Gasteiger partial charge >= 0.3 is 6.03 Å². The molecule has 1 atom stereocenters. The Bertz CT molecular complexity index is 904. The van der Waals surface area contributed by atoms with E-state index in [4.69, 9.17) is 0 Å². The summed E-state index contributed by atoms with van der Waals surface area (Å²) in [5.74, 6) is -0.556. The summed E-state index contributed by atoms with van der Waals surface area (Å²) >= 11 is 0. The molecule has 0 spiro atoms. The number of rotatable bonds is 3. The van der Waals surface area contributed by atoms with Crippen molar-refractivity contribution >= 4 is 28.6 Å². The number of nitrogens with zero attached hydrogens (tertiary/aromatic N) is 2. The molecule has 4 amide bonds. The molecule has 0 aliphatic carbocycles. The number of carbonyl (C=O) groups is 3. The smallest absolute Gasteiger partial charge is 0.325 e. The number of hydrogen-bond donors (Lipinski definition) is 1. The molecule has 2 aromatic carbocycles. The van der Waals surface area contributed by atoms with Gasteiger partial charge < -0.3 is 10.2 Å². The van der Waals surface area contributed by atoms with Gasteiger partial charge in [0.1, 0.15) is 12.1 Å². The van der Waals surface area contributed by atoms with Crippen LogP contribution in [0.5, 0.6) is 0 Å². The Labute approximate surface area is 151 Å². The molecule has 2 saturated heterocycles. The maximum atomic E-state index is 13.0. The predicted molar refractivity (Wildman–Crippen MR) is 97.4 cm³/mol. The molecule has 0 saturated carbocycles. The Hall–Kier alpha value is -2.89. The van der Waals surface area contributed by atoms with Gasteiger partial charge in [-0.3, -0.25) is 14.5 Å². The summed E-state index contributed by atoms with van der Waals surface area (Å²) in [6.07, 6.45) is 1.95. The molecule has 2 aliphatic heterocycles. The van der Waals surface area contributed by atoms with E-state index >= 15 is 0 Å². The van der Waals surface area contributed by atoms with E-state index in [0.717, 1.165) is 28.5 Å². The predicted octanol–water partition coefficient (Wildman–Crippen LogP) is 2.23. The first-order valence-electron chi connectivity index (χ1n) is 8.90. The van der Waals surface area contributed by atoms with Crippen molar-refractivity contribution in [3.8, 4) is 0 Å². The monoisotopic (exact) mass is 351 g/mol. The van der Waals surface area contributed by atoms with Gasteiger partial charge in [0.2, 0.25) is 5.91 Å². The van der Waals surface area contributed by atoms with Crippen LogP contribution in [0.15, 0.2) is 42.5 Å².